The van der Waals surface area contributed by atoms with Crippen molar-refractivity contribution in [3.05, 3.63) is 53.9 Å². The van der Waals surface area contributed by atoms with Gasteiger partial charge in [-0.25, -0.2) is 4.98 Å². The topological polar surface area (TPSA) is 86.9 Å². The van der Waals surface area contributed by atoms with Crippen LogP contribution in [0, 0.1) is 0 Å². The van der Waals surface area contributed by atoms with Crippen LogP contribution in [0.25, 0.3) is 11.0 Å². The monoisotopic (exact) mass is 320 g/mol. The van der Waals surface area contributed by atoms with Crippen LogP contribution in [0.3, 0.4) is 0 Å². The summed E-state index contributed by atoms with van der Waals surface area (Å²) < 4.78 is 0. The van der Waals surface area contributed by atoms with Gasteiger partial charge in [-0.1, -0.05) is 18.2 Å². The minimum atomic E-state index is -0.147. The molecule has 6 nitrogen and oxygen atoms in total. The molecular weight excluding hydrogens is 304 g/mol. The lowest BCUT2D eigenvalue weighted by molar-refractivity contribution is -0.116. The van der Waals surface area contributed by atoms with Crippen molar-refractivity contribution in [2.45, 2.75) is 19.3 Å². The van der Waals surface area contributed by atoms with Gasteiger partial charge in [0.2, 0.25) is 11.8 Å². The van der Waals surface area contributed by atoms with Crippen molar-refractivity contribution in [2.75, 3.05) is 10.6 Å². The number of imidazole rings is 1. The molecule has 2 heterocycles. The molecule has 0 spiro atoms. The van der Waals surface area contributed by atoms with E-state index >= 15 is 0 Å². The number of benzene rings is 2. The summed E-state index contributed by atoms with van der Waals surface area (Å²) in [6, 6.07) is 13.4. The second kappa shape index (κ2) is 5.49. The van der Waals surface area contributed by atoms with Crippen molar-refractivity contribution in [3.8, 4) is 0 Å². The molecular formula is C18H16N4O2. The van der Waals surface area contributed by atoms with Gasteiger partial charge in [-0.3, -0.25) is 9.59 Å². The molecule has 3 N–H and O–H groups in total. The molecule has 1 aromatic heterocycles. The maximum atomic E-state index is 12.1. The normalized spacial score (nSPS) is 16.5. The quantitative estimate of drug-likeness (QED) is 0.678. The van der Waals surface area contributed by atoms with Crippen molar-refractivity contribution in [2.24, 2.45) is 0 Å². The standard InChI is InChI=1S/C18H16N4O2/c1-10(23)19-11-6-7-12-13(9-17(24)20-16(12)8-11)18-21-14-4-2-3-5-15(14)22-18/h2-8,13H,9H2,1H3,(H,19,23)(H,20,24)(H,21,22). The molecule has 4 rings (SSSR count). The molecule has 1 atom stereocenters. The molecule has 0 fully saturated rings. The van der Waals surface area contributed by atoms with E-state index in [0.29, 0.717) is 17.8 Å². The van der Waals surface area contributed by atoms with Gasteiger partial charge in [0.05, 0.1) is 17.0 Å². The van der Waals surface area contributed by atoms with Gasteiger partial charge in [0.1, 0.15) is 5.82 Å². The van der Waals surface area contributed by atoms with Crippen molar-refractivity contribution < 1.29 is 9.59 Å². The molecule has 0 bridgehead atoms. The predicted molar refractivity (Wildman–Crippen MR) is 91.9 cm³/mol. The number of nitrogens with one attached hydrogen (secondary N) is 3. The van der Waals surface area contributed by atoms with Crippen LogP contribution >= 0.6 is 0 Å². The number of hydrogen-bond acceptors (Lipinski definition) is 3. The highest BCUT2D eigenvalue weighted by atomic mass is 16.2. The van der Waals surface area contributed by atoms with E-state index in [0.717, 1.165) is 22.4 Å². The number of H-pyrrole nitrogens is 1. The summed E-state index contributed by atoms with van der Waals surface area (Å²) in [7, 11) is 0. The van der Waals surface area contributed by atoms with Gasteiger partial charge in [0.25, 0.3) is 0 Å². The summed E-state index contributed by atoms with van der Waals surface area (Å²) in [4.78, 5) is 31.3. The number of nitrogens with zero attached hydrogens (tertiary/aromatic N) is 1. The summed E-state index contributed by atoms with van der Waals surface area (Å²) in [5.41, 5.74) is 4.20. The lowest BCUT2D eigenvalue weighted by Gasteiger charge is -2.24. The fraction of sp³-hybridized carbons (Fsp3) is 0.167. The Morgan fingerprint density at radius 1 is 1.25 bits per heavy atom. The number of carbonyl (C=O) groups is 2. The van der Waals surface area contributed by atoms with Crippen LogP contribution in [-0.2, 0) is 9.59 Å². The third-order valence-electron chi connectivity index (χ3n) is 4.15. The SMILES string of the molecule is CC(=O)Nc1ccc2c(c1)NC(=O)CC2c1nc2ccccc2[nH]1. The number of anilines is 2. The Bertz CT molecular complexity index is 928. The molecule has 0 aliphatic carbocycles. The molecule has 0 saturated carbocycles. The van der Waals surface area contributed by atoms with Crippen LogP contribution < -0.4 is 10.6 Å². The highest BCUT2D eigenvalue weighted by Gasteiger charge is 2.29. The smallest absolute Gasteiger partial charge is 0.225 e. The average Bonchev–Trinajstić information content (AvgIpc) is 2.97. The highest BCUT2D eigenvalue weighted by molar-refractivity contribution is 5.97. The Morgan fingerprint density at radius 2 is 2.08 bits per heavy atom. The van der Waals surface area contributed by atoms with Crippen LogP contribution in [0.15, 0.2) is 42.5 Å². The number of aromatic amines is 1. The first-order chi connectivity index (χ1) is 11.6. The van der Waals surface area contributed by atoms with E-state index in [1.807, 2.05) is 36.4 Å². The predicted octanol–water partition coefficient (Wildman–Crippen LogP) is 3.00. The van der Waals surface area contributed by atoms with Gasteiger partial charge in [-0.15, -0.1) is 0 Å². The second-order valence-corrected chi connectivity index (χ2v) is 5.93. The van der Waals surface area contributed by atoms with Crippen molar-refractivity contribution in [3.63, 3.8) is 0 Å². The van der Waals surface area contributed by atoms with Gasteiger partial charge >= 0.3 is 0 Å². The number of carbonyl (C=O) groups excluding carboxylic acids is 2. The third kappa shape index (κ3) is 2.52. The first-order valence-corrected chi connectivity index (χ1v) is 7.76. The Labute approximate surface area is 138 Å². The molecule has 1 unspecified atom stereocenters. The van der Waals surface area contributed by atoms with E-state index < -0.39 is 0 Å². The number of aromatic nitrogens is 2. The zero-order chi connectivity index (χ0) is 16.7. The number of hydrogen-bond donors (Lipinski definition) is 3. The third-order valence-corrected chi connectivity index (χ3v) is 4.15. The minimum Gasteiger partial charge on any atom is -0.341 e. The zero-order valence-corrected chi connectivity index (χ0v) is 13.1. The molecule has 6 heteroatoms. The molecule has 3 aromatic rings. The van der Waals surface area contributed by atoms with Crippen molar-refractivity contribution >= 4 is 34.2 Å². The summed E-state index contributed by atoms with van der Waals surface area (Å²) in [6.07, 6.45) is 0.340. The molecule has 2 aromatic carbocycles. The minimum absolute atomic E-state index is 0.0621. The number of fused-ring (bicyclic) bond motifs is 2. The van der Waals surface area contributed by atoms with Crippen LogP contribution in [0.2, 0.25) is 0 Å². The van der Waals surface area contributed by atoms with E-state index in [1.165, 1.54) is 6.92 Å². The molecule has 1 aliphatic heterocycles. The fourth-order valence-electron chi connectivity index (χ4n) is 3.13. The van der Waals surface area contributed by atoms with Crippen LogP contribution in [0.4, 0.5) is 11.4 Å². The largest absolute Gasteiger partial charge is 0.341 e. The van der Waals surface area contributed by atoms with Crippen LogP contribution in [0.1, 0.15) is 30.7 Å². The number of amides is 2. The molecule has 120 valence electrons. The van der Waals surface area contributed by atoms with E-state index in [9.17, 15) is 9.59 Å². The van der Waals surface area contributed by atoms with Crippen LogP contribution in [-0.4, -0.2) is 21.8 Å². The summed E-state index contributed by atoms with van der Waals surface area (Å²) in [5, 5.41) is 5.61. The Kier molecular flexibility index (Phi) is 3.30. The van der Waals surface area contributed by atoms with Gasteiger partial charge < -0.3 is 15.6 Å². The lowest BCUT2D eigenvalue weighted by Crippen LogP contribution is -2.24. The molecule has 24 heavy (non-hydrogen) atoms. The van der Waals surface area contributed by atoms with E-state index in [2.05, 4.69) is 20.6 Å². The van der Waals surface area contributed by atoms with E-state index in [-0.39, 0.29) is 17.7 Å². The van der Waals surface area contributed by atoms with Gasteiger partial charge in [-0.05, 0) is 29.8 Å². The maximum absolute atomic E-state index is 12.1. The average molecular weight is 320 g/mol. The zero-order valence-electron chi connectivity index (χ0n) is 13.1. The molecule has 1 aliphatic rings. The fourth-order valence-corrected chi connectivity index (χ4v) is 3.13. The van der Waals surface area contributed by atoms with Crippen molar-refractivity contribution in [1.82, 2.24) is 9.97 Å². The summed E-state index contributed by atoms with van der Waals surface area (Å²) in [5.74, 6) is 0.436. The molecule has 2 amide bonds. The lowest BCUT2D eigenvalue weighted by atomic mass is 9.89. The first-order valence-electron chi connectivity index (χ1n) is 7.76. The van der Waals surface area contributed by atoms with Gasteiger partial charge in [0, 0.05) is 24.7 Å². The Hall–Kier alpha value is -3.15. The second-order valence-electron chi connectivity index (χ2n) is 5.93. The maximum Gasteiger partial charge on any atom is 0.225 e. The first kappa shape index (κ1) is 14.4. The summed E-state index contributed by atoms with van der Waals surface area (Å²) in [6.45, 7) is 1.45. The number of para-hydroxylation sites is 2. The number of rotatable bonds is 2. The Balaban J connectivity index is 1.77. The van der Waals surface area contributed by atoms with E-state index in [4.69, 9.17) is 0 Å². The molecule has 0 radical (unpaired) electrons. The van der Waals surface area contributed by atoms with E-state index in [1.54, 1.807) is 6.07 Å². The summed E-state index contributed by atoms with van der Waals surface area (Å²) >= 11 is 0. The van der Waals surface area contributed by atoms with Crippen molar-refractivity contribution in [1.29, 1.82) is 0 Å². The molecule has 0 saturated heterocycles. The highest BCUT2D eigenvalue weighted by Crippen LogP contribution is 2.37. The van der Waals surface area contributed by atoms with Crippen LogP contribution in [0.5, 0.6) is 0 Å². The Morgan fingerprint density at radius 3 is 2.88 bits per heavy atom. The van der Waals surface area contributed by atoms with Gasteiger partial charge in [-0.2, -0.15) is 0 Å². The van der Waals surface area contributed by atoms with Gasteiger partial charge in [0.15, 0.2) is 0 Å².